The second-order valence-electron chi connectivity index (χ2n) is 16.0. The number of carbonyl (C=O) groups is 7. The number of amides is 6. The standard InChI is InChI=1S/C41H51ClFN7O8/c1-23-7-5-8-26(15-23)18-30(45-35(51)19-27-10-11-28(42)29(43)17-27)36(52)46-31-22-58-41(57)33-16-24(2)20-50(33)38(54)25(3)44-37(53)34-21-47(4)13-14-49(34)40(56)32-9-6-12-48(32)39(31)55/h5,7-8,10-11,15,17,24-25,30-34H,6,9,12-14,16,18-22H2,1-4H3,(H,44,53)(H,45,51)(H,46,52)/t24-,25+,30+,31+,32+,33+,34+/m1/s1. The Kier molecular flexibility index (Phi) is 13.4. The van der Waals surface area contributed by atoms with E-state index in [0.29, 0.717) is 30.5 Å². The van der Waals surface area contributed by atoms with Crippen LogP contribution in [0.1, 0.15) is 49.8 Å². The molecule has 4 saturated heterocycles. The van der Waals surface area contributed by atoms with E-state index in [1.54, 1.807) is 12.1 Å². The van der Waals surface area contributed by atoms with Gasteiger partial charge in [-0.1, -0.05) is 54.4 Å². The first kappa shape index (κ1) is 42.5. The van der Waals surface area contributed by atoms with E-state index in [0.717, 1.165) is 11.6 Å². The van der Waals surface area contributed by atoms with Gasteiger partial charge < -0.3 is 40.3 Å². The Morgan fingerprint density at radius 1 is 0.914 bits per heavy atom. The summed E-state index contributed by atoms with van der Waals surface area (Å²) in [5.74, 6) is -5.07. The second kappa shape index (κ2) is 18.2. The zero-order chi connectivity index (χ0) is 41.8. The number of hydrogen-bond acceptors (Lipinski definition) is 9. The Morgan fingerprint density at radius 2 is 1.67 bits per heavy atom. The van der Waals surface area contributed by atoms with Gasteiger partial charge in [-0.25, -0.2) is 9.18 Å². The number of rotatable bonds is 7. The van der Waals surface area contributed by atoms with Crippen molar-refractivity contribution in [3.8, 4) is 0 Å². The van der Waals surface area contributed by atoms with E-state index in [2.05, 4.69) is 16.0 Å². The number of piperazine rings is 1. The summed E-state index contributed by atoms with van der Waals surface area (Å²) >= 11 is 5.83. The molecule has 2 aromatic rings. The van der Waals surface area contributed by atoms with Gasteiger partial charge in [-0.3, -0.25) is 28.8 Å². The van der Waals surface area contributed by atoms with E-state index in [9.17, 15) is 38.0 Å². The van der Waals surface area contributed by atoms with E-state index in [-0.39, 0.29) is 56.4 Å². The van der Waals surface area contributed by atoms with E-state index in [1.165, 1.54) is 33.8 Å². The molecule has 3 N–H and O–H groups in total. The van der Waals surface area contributed by atoms with E-state index in [1.807, 2.05) is 37.9 Å². The minimum absolute atomic E-state index is 0.0157. The monoisotopic (exact) mass is 823 g/mol. The lowest BCUT2D eigenvalue weighted by molar-refractivity contribution is -0.158. The van der Waals surface area contributed by atoms with Crippen LogP contribution in [0.25, 0.3) is 0 Å². The first-order valence-electron chi connectivity index (χ1n) is 19.8. The zero-order valence-electron chi connectivity index (χ0n) is 33.2. The largest absolute Gasteiger partial charge is 0.461 e. The topological polar surface area (TPSA) is 178 Å². The number of ether oxygens (including phenoxy) is 1. The summed E-state index contributed by atoms with van der Waals surface area (Å²) in [6.45, 7) is 5.97. The van der Waals surface area contributed by atoms with Crippen LogP contribution in [0.4, 0.5) is 4.39 Å². The molecule has 4 aliphatic rings. The third-order valence-corrected chi connectivity index (χ3v) is 11.6. The molecule has 0 saturated carbocycles. The fourth-order valence-corrected chi connectivity index (χ4v) is 8.41. The summed E-state index contributed by atoms with van der Waals surface area (Å²) in [5.41, 5.74) is 1.94. The van der Waals surface area contributed by atoms with Crippen LogP contribution in [-0.4, -0.2) is 144 Å². The summed E-state index contributed by atoms with van der Waals surface area (Å²) in [4.78, 5) is 104. The molecule has 17 heteroatoms. The van der Waals surface area contributed by atoms with Crippen molar-refractivity contribution < 1.29 is 42.7 Å². The molecular formula is C41H51ClFN7O8. The number of halogens is 2. The van der Waals surface area contributed by atoms with E-state index < -0.39 is 90.1 Å². The summed E-state index contributed by atoms with van der Waals surface area (Å²) in [6.07, 6.45) is 0.782. The molecule has 0 aromatic heterocycles. The fourth-order valence-electron chi connectivity index (χ4n) is 8.29. The van der Waals surface area contributed by atoms with Crippen molar-refractivity contribution in [3.63, 3.8) is 0 Å². The molecule has 58 heavy (non-hydrogen) atoms. The van der Waals surface area contributed by atoms with Crippen molar-refractivity contribution in [2.24, 2.45) is 5.92 Å². The highest BCUT2D eigenvalue weighted by atomic mass is 35.5. The van der Waals surface area contributed by atoms with Crippen LogP contribution >= 0.6 is 11.6 Å². The molecule has 0 spiro atoms. The number of likely N-dealkylation sites (N-methyl/N-ethyl adjacent to an activating group) is 1. The lowest BCUT2D eigenvalue weighted by Gasteiger charge is -2.42. The number of hydrogen-bond donors (Lipinski definition) is 3. The molecule has 4 heterocycles. The van der Waals surface area contributed by atoms with Crippen molar-refractivity contribution in [2.75, 3.05) is 46.4 Å². The van der Waals surface area contributed by atoms with Gasteiger partial charge in [0.25, 0.3) is 0 Å². The molecule has 6 amide bonds. The number of carbonyl (C=O) groups excluding carboxylic acids is 7. The SMILES string of the molecule is Cc1cccc(C[C@H](NC(=O)Cc2ccc(Cl)c(F)c2)C(=O)N[C@H]2COC(=O)[C@@H]3C[C@@H](C)CN3C(=O)[C@H](C)NC(=O)[C@@H]3CN(C)CCN3C(=O)[C@@H]3CCCN3C2=O)c1. The quantitative estimate of drug-likeness (QED) is 0.344. The maximum Gasteiger partial charge on any atom is 0.328 e. The summed E-state index contributed by atoms with van der Waals surface area (Å²) in [7, 11) is 1.83. The molecule has 6 rings (SSSR count). The Hall–Kier alpha value is -5.09. The number of cyclic esters (lactones) is 1. The molecule has 312 valence electrons. The van der Waals surface area contributed by atoms with Crippen LogP contribution in [0.2, 0.25) is 5.02 Å². The van der Waals surface area contributed by atoms with Gasteiger partial charge in [0.1, 0.15) is 48.7 Å². The van der Waals surface area contributed by atoms with Gasteiger partial charge >= 0.3 is 5.97 Å². The average Bonchev–Trinajstić information content (AvgIpc) is 3.83. The molecule has 15 nitrogen and oxygen atoms in total. The number of nitrogens with zero attached hydrogens (tertiary/aromatic N) is 4. The molecule has 0 radical (unpaired) electrons. The van der Waals surface area contributed by atoms with Crippen LogP contribution < -0.4 is 16.0 Å². The highest BCUT2D eigenvalue weighted by Crippen LogP contribution is 2.27. The molecular weight excluding hydrogens is 773 g/mol. The van der Waals surface area contributed by atoms with Crippen LogP contribution in [0.15, 0.2) is 42.5 Å². The first-order valence-corrected chi connectivity index (χ1v) is 20.1. The number of aryl methyl sites for hydroxylation is 1. The van der Waals surface area contributed by atoms with Crippen molar-refractivity contribution in [1.29, 1.82) is 0 Å². The highest BCUT2D eigenvalue weighted by molar-refractivity contribution is 6.30. The van der Waals surface area contributed by atoms with Crippen LogP contribution in [0.5, 0.6) is 0 Å². The summed E-state index contributed by atoms with van der Waals surface area (Å²) in [6, 6.07) is 4.62. The van der Waals surface area contributed by atoms with Crippen molar-refractivity contribution in [3.05, 3.63) is 70.0 Å². The molecule has 0 bridgehead atoms. The first-order chi connectivity index (χ1) is 27.6. The summed E-state index contributed by atoms with van der Waals surface area (Å²) in [5, 5.41) is 8.11. The second-order valence-corrected chi connectivity index (χ2v) is 16.4. The van der Waals surface area contributed by atoms with Crippen LogP contribution in [-0.2, 0) is 51.1 Å². The zero-order valence-corrected chi connectivity index (χ0v) is 33.9. The maximum absolute atomic E-state index is 14.6. The molecule has 4 aliphatic heterocycles. The molecule has 0 unspecified atom stereocenters. The van der Waals surface area contributed by atoms with E-state index >= 15 is 0 Å². The number of benzene rings is 2. The van der Waals surface area contributed by atoms with Gasteiger partial charge in [0, 0.05) is 39.1 Å². The lowest BCUT2D eigenvalue weighted by Crippen LogP contribution is -2.65. The molecule has 0 aliphatic carbocycles. The number of esters is 1. The van der Waals surface area contributed by atoms with Gasteiger partial charge in [-0.05, 0) is 69.3 Å². The normalized spacial score (nSPS) is 26.7. The smallest absolute Gasteiger partial charge is 0.328 e. The lowest BCUT2D eigenvalue weighted by atomic mass is 10.0. The average molecular weight is 824 g/mol. The molecule has 2 aromatic carbocycles. The number of fused-ring (bicyclic) bond motifs is 3. The molecule has 4 fully saturated rings. The third-order valence-electron chi connectivity index (χ3n) is 11.3. The minimum atomic E-state index is -1.49. The predicted molar refractivity (Wildman–Crippen MR) is 209 cm³/mol. The van der Waals surface area contributed by atoms with Gasteiger partial charge in [0.15, 0.2) is 0 Å². The van der Waals surface area contributed by atoms with Gasteiger partial charge in [-0.15, -0.1) is 0 Å². The Balaban J connectivity index is 1.31. The van der Waals surface area contributed by atoms with E-state index in [4.69, 9.17) is 16.3 Å². The maximum atomic E-state index is 14.6. The third kappa shape index (κ3) is 9.77. The molecule has 7 atom stereocenters. The fraction of sp³-hybridized carbons (Fsp3) is 0.537. The van der Waals surface area contributed by atoms with Crippen molar-refractivity contribution in [2.45, 2.75) is 89.1 Å². The van der Waals surface area contributed by atoms with Gasteiger partial charge in [0.2, 0.25) is 35.4 Å². The predicted octanol–water partition coefficient (Wildman–Crippen LogP) is 0.974. The Labute approximate surface area is 341 Å². The summed E-state index contributed by atoms with van der Waals surface area (Å²) < 4.78 is 20.0. The van der Waals surface area contributed by atoms with Crippen molar-refractivity contribution >= 4 is 53.0 Å². The van der Waals surface area contributed by atoms with Crippen LogP contribution in [0.3, 0.4) is 0 Å². The number of nitrogens with one attached hydrogen (secondary N) is 3. The van der Waals surface area contributed by atoms with Crippen LogP contribution in [0, 0.1) is 18.7 Å². The van der Waals surface area contributed by atoms with Gasteiger partial charge in [-0.2, -0.15) is 0 Å². The Morgan fingerprint density at radius 3 is 2.41 bits per heavy atom. The van der Waals surface area contributed by atoms with Gasteiger partial charge in [0.05, 0.1) is 11.4 Å². The van der Waals surface area contributed by atoms with Crippen molar-refractivity contribution in [1.82, 2.24) is 35.6 Å². The minimum Gasteiger partial charge on any atom is -0.461 e. The Bertz CT molecular complexity index is 1950. The highest BCUT2D eigenvalue weighted by Gasteiger charge is 2.46.